The third-order valence-electron chi connectivity index (χ3n) is 2.65. The average molecular weight is 242 g/mol. The number of fused-ring (bicyclic) bond motifs is 1. The molecule has 0 aliphatic heterocycles. The minimum atomic E-state index is -4.37. The lowest BCUT2D eigenvalue weighted by molar-refractivity contribution is -0.142. The van der Waals surface area contributed by atoms with Gasteiger partial charge in [-0.25, -0.2) is 4.98 Å². The van der Waals surface area contributed by atoms with E-state index in [1.165, 1.54) is 18.5 Å². The van der Waals surface area contributed by atoms with E-state index in [2.05, 4.69) is 4.98 Å². The summed E-state index contributed by atoms with van der Waals surface area (Å²) in [7, 11) is 0. The van der Waals surface area contributed by atoms with Crippen LogP contribution in [0.2, 0.25) is 0 Å². The SMILES string of the molecule is CC(C)(C)c1ccc(C(F)(F)F)n2ccnc12. The van der Waals surface area contributed by atoms with E-state index in [0.29, 0.717) is 5.65 Å². The first-order chi connectivity index (χ1) is 7.71. The fourth-order valence-electron chi connectivity index (χ4n) is 1.83. The van der Waals surface area contributed by atoms with E-state index >= 15 is 0 Å². The molecule has 0 aliphatic carbocycles. The van der Waals surface area contributed by atoms with E-state index in [-0.39, 0.29) is 5.41 Å². The molecule has 2 nitrogen and oxygen atoms in total. The molecule has 0 atom stereocenters. The van der Waals surface area contributed by atoms with Crippen molar-refractivity contribution in [2.45, 2.75) is 32.4 Å². The summed E-state index contributed by atoms with van der Waals surface area (Å²) in [6.45, 7) is 5.85. The molecular formula is C12H13F3N2. The Balaban J connectivity index is 2.76. The van der Waals surface area contributed by atoms with Gasteiger partial charge in [-0.15, -0.1) is 0 Å². The molecule has 0 unspecified atom stereocenters. The molecule has 0 fully saturated rings. The van der Waals surface area contributed by atoms with Crippen LogP contribution in [0.1, 0.15) is 32.0 Å². The van der Waals surface area contributed by atoms with Crippen molar-refractivity contribution in [1.29, 1.82) is 0 Å². The summed E-state index contributed by atoms with van der Waals surface area (Å²) < 4.78 is 39.4. The average Bonchev–Trinajstić information content (AvgIpc) is 2.60. The molecule has 0 radical (unpaired) electrons. The van der Waals surface area contributed by atoms with E-state index < -0.39 is 11.9 Å². The third-order valence-corrected chi connectivity index (χ3v) is 2.65. The maximum Gasteiger partial charge on any atom is 0.431 e. The van der Waals surface area contributed by atoms with Gasteiger partial charge in [-0.2, -0.15) is 13.2 Å². The zero-order chi connectivity index (χ0) is 12.8. The molecule has 92 valence electrons. The Morgan fingerprint density at radius 1 is 1.12 bits per heavy atom. The Morgan fingerprint density at radius 3 is 2.29 bits per heavy atom. The molecule has 2 aromatic rings. The van der Waals surface area contributed by atoms with Crippen LogP contribution in [0.4, 0.5) is 13.2 Å². The monoisotopic (exact) mass is 242 g/mol. The highest BCUT2D eigenvalue weighted by molar-refractivity contribution is 5.53. The lowest BCUT2D eigenvalue weighted by atomic mass is 9.87. The van der Waals surface area contributed by atoms with Crippen molar-refractivity contribution in [1.82, 2.24) is 9.38 Å². The summed E-state index contributed by atoms with van der Waals surface area (Å²) in [5, 5.41) is 0. The molecule has 0 bridgehead atoms. The first kappa shape index (κ1) is 12.0. The number of pyridine rings is 1. The first-order valence-corrected chi connectivity index (χ1v) is 5.25. The van der Waals surface area contributed by atoms with Gasteiger partial charge >= 0.3 is 6.18 Å². The van der Waals surface area contributed by atoms with Crippen molar-refractivity contribution in [2.75, 3.05) is 0 Å². The summed E-state index contributed by atoms with van der Waals surface area (Å²) in [6.07, 6.45) is -1.64. The number of alkyl halides is 3. The van der Waals surface area contributed by atoms with Crippen LogP contribution in [0.3, 0.4) is 0 Å². The zero-order valence-corrected chi connectivity index (χ0v) is 9.84. The highest BCUT2D eigenvalue weighted by atomic mass is 19.4. The number of imidazole rings is 1. The summed E-state index contributed by atoms with van der Waals surface area (Å²) in [5.41, 5.74) is 0.234. The molecule has 5 heteroatoms. The predicted octanol–water partition coefficient (Wildman–Crippen LogP) is 3.65. The molecule has 2 aromatic heterocycles. The van der Waals surface area contributed by atoms with E-state index in [0.717, 1.165) is 16.0 Å². The van der Waals surface area contributed by atoms with Gasteiger partial charge in [0.15, 0.2) is 0 Å². The highest BCUT2D eigenvalue weighted by Crippen LogP contribution is 2.33. The van der Waals surface area contributed by atoms with Crippen molar-refractivity contribution < 1.29 is 13.2 Å². The number of hydrogen-bond donors (Lipinski definition) is 0. The molecule has 0 spiro atoms. The summed E-state index contributed by atoms with van der Waals surface area (Å²) in [4.78, 5) is 4.02. The van der Waals surface area contributed by atoms with E-state index in [9.17, 15) is 13.2 Å². The molecule has 17 heavy (non-hydrogen) atoms. The van der Waals surface area contributed by atoms with Crippen LogP contribution in [0.25, 0.3) is 5.65 Å². The standard InChI is InChI=1S/C12H13F3N2/c1-11(2,3)8-4-5-9(12(13,14)15)17-7-6-16-10(8)17/h4-7H,1-3H3. The van der Waals surface area contributed by atoms with Crippen molar-refractivity contribution >= 4 is 5.65 Å². The van der Waals surface area contributed by atoms with Crippen molar-refractivity contribution in [3.63, 3.8) is 0 Å². The Kier molecular flexibility index (Phi) is 2.45. The van der Waals surface area contributed by atoms with Gasteiger partial charge in [0.2, 0.25) is 0 Å². The maximum atomic E-state index is 12.8. The van der Waals surface area contributed by atoms with Crippen molar-refractivity contribution in [3.05, 3.63) is 35.8 Å². The van der Waals surface area contributed by atoms with E-state index in [4.69, 9.17) is 0 Å². The van der Waals surface area contributed by atoms with Crippen LogP contribution in [0, 0.1) is 0 Å². The van der Waals surface area contributed by atoms with Crippen LogP contribution in [-0.2, 0) is 11.6 Å². The van der Waals surface area contributed by atoms with Gasteiger partial charge in [0.25, 0.3) is 0 Å². The lowest BCUT2D eigenvalue weighted by Gasteiger charge is -2.21. The van der Waals surface area contributed by atoms with Gasteiger partial charge in [-0.1, -0.05) is 26.8 Å². The molecule has 2 rings (SSSR count). The number of aromatic nitrogens is 2. The first-order valence-electron chi connectivity index (χ1n) is 5.25. The minimum Gasteiger partial charge on any atom is -0.295 e. The fraction of sp³-hybridized carbons (Fsp3) is 0.417. The fourth-order valence-corrected chi connectivity index (χ4v) is 1.83. The third kappa shape index (κ3) is 2.01. The van der Waals surface area contributed by atoms with E-state index in [1.54, 1.807) is 0 Å². The molecule has 0 saturated carbocycles. The van der Waals surface area contributed by atoms with Gasteiger partial charge in [-0.05, 0) is 11.5 Å². The summed E-state index contributed by atoms with van der Waals surface area (Å²) in [5.74, 6) is 0. The maximum absolute atomic E-state index is 12.8. The number of hydrogen-bond acceptors (Lipinski definition) is 1. The number of nitrogens with zero attached hydrogens (tertiary/aromatic N) is 2. The van der Waals surface area contributed by atoms with Gasteiger partial charge in [0.05, 0.1) is 0 Å². The van der Waals surface area contributed by atoms with Crippen LogP contribution in [0.15, 0.2) is 24.5 Å². The van der Waals surface area contributed by atoms with Crippen molar-refractivity contribution in [2.24, 2.45) is 0 Å². The molecule has 0 aliphatic rings. The van der Waals surface area contributed by atoms with Gasteiger partial charge < -0.3 is 0 Å². The number of halogens is 3. The quantitative estimate of drug-likeness (QED) is 0.689. The summed E-state index contributed by atoms with van der Waals surface area (Å²) >= 11 is 0. The Bertz CT molecular complexity index is 499. The normalized spacial score (nSPS) is 13.3. The van der Waals surface area contributed by atoms with Crippen LogP contribution in [-0.4, -0.2) is 9.38 Å². The van der Waals surface area contributed by atoms with E-state index in [1.807, 2.05) is 20.8 Å². The molecule has 0 aromatic carbocycles. The largest absolute Gasteiger partial charge is 0.431 e. The van der Waals surface area contributed by atoms with Crippen LogP contribution >= 0.6 is 0 Å². The molecular weight excluding hydrogens is 229 g/mol. The van der Waals surface area contributed by atoms with Crippen LogP contribution < -0.4 is 0 Å². The van der Waals surface area contributed by atoms with Crippen LogP contribution in [0.5, 0.6) is 0 Å². The molecule has 0 amide bonds. The second-order valence-electron chi connectivity index (χ2n) is 5.00. The Morgan fingerprint density at radius 2 is 1.76 bits per heavy atom. The molecule has 2 heterocycles. The lowest BCUT2D eigenvalue weighted by Crippen LogP contribution is -2.17. The highest BCUT2D eigenvalue weighted by Gasteiger charge is 2.34. The van der Waals surface area contributed by atoms with Gasteiger partial charge in [0, 0.05) is 18.0 Å². The Labute approximate surface area is 97.1 Å². The molecule has 0 N–H and O–H groups in total. The van der Waals surface area contributed by atoms with Gasteiger partial charge in [0.1, 0.15) is 11.3 Å². The summed E-state index contributed by atoms with van der Waals surface area (Å²) in [6, 6.07) is 2.61. The topological polar surface area (TPSA) is 17.3 Å². The van der Waals surface area contributed by atoms with Crippen molar-refractivity contribution in [3.8, 4) is 0 Å². The molecule has 0 saturated heterocycles. The predicted molar refractivity (Wildman–Crippen MR) is 58.9 cm³/mol. The second kappa shape index (κ2) is 3.48. The second-order valence-corrected chi connectivity index (χ2v) is 5.00. The zero-order valence-electron chi connectivity index (χ0n) is 9.84. The Hall–Kier alpha value is -1.52. The minimum absolute atomic E-state index is 0.239. The number of rotatable bonds is 0. The smallest absolute Gasteiger partial charge is 0.295 e. The van der Waals surface area contributed by atoms with Gasteiger partial charge in [-0.3, -0.25) is 4.40 Å².